The molecular formula is C10H15ClIN3O. The van der Waals surface area contributed by atoms with Gasteiger partial charge in [0, 0.05) is 20.2 Å². The van der Waals surface area contributed by atoms with Gasteiger partial charge in [0.25, 0.3) is 0 Å². The summed E-state index contributed by atoms with van der Waals surface area (Å²) in [6, 6.07) is 0. The number of aromatic nitrogens is 2. The second-order valence-electron chi connectivity index (χ2n) is 3.18. The Hall–Kier alpha value is -0.140. The number of anilines is 1. The second kappa shape index (κ2) is 6.56. The minimum atomic E-state index is 0.453. The fourth-order valence-electron chi connectivity index (χ4n) is 1.33. The maximum Gasteiger partial charge on any atom is 0.227 e. The Labute approximate surface area is 114 Å². The van der Waals surface area contributed by atoms with Gasteiger partial charge < -0.3 is 9.64 Å². The Morgan fingerprint density at radius 2 is 1.94 bits per heavy atom. The minimum Gasteiger partial charge on any atom is -0.378 e. The van der Waals surface area contributed by atoms with Crippen molar-refractivity contribution in [3.8, 4) is 0 Å². The van der Waals surface area contributed by atoms with Crippen molar-refractivity contribution >= 4 is 40.1 Å². The monoisotopic (exact) mass is 355 g/mol. The molecule has 6 heteroatoms. The zero-order valence-corrected chi connectivity index (χ0v) is 12.5. The first-order valence-corrected chi connectivity index (χ1v) is 6.55. The van der Waals surface area contributed by atoms with E-state index in [0.717, 1.165) is 22.4 Å². The van der Waals surface area contributed by atoms with Gasteiger partial charge >= 0.3 is 0 Å². The quantitative estimate of drug-likeness (QED) is 0.601. The molecule has 1 aromatic heterocycles. The SMILES string of the molecule is CCN(CC)c1nc(Cl)c(I)c(COC)n1. The van der Waals surface area contributed by atoms with E-state index in [2.05, 4.69) is 51.3 Å². The topological polar surface area (TPSA) is 38.2 Å². The van der Waals surface area contributed by atoms with Gasteiger partial charge in [0.1, 0.15) is 5.15 Å². The fourth-order valence-corrected chi connectivity index (χ4v) is 1.91. The molecule has 0 N–H and O–H groups in total. The van der Waals surface area contributed by atoms with Crippen molar-refractivity contribution in [3.05, 3.63) is 14.4 Å². The summed E-state index contributed by atoms with van der Waals surface area (Å²) in [6.45, 7) is 6.30. The first-order chi connectivity index (χ1) is 7.63. The van der Waals surface area contributed by atoms with Crippen molar-refractivity contribution in [1.82, 2.24) is 9.97 Å². The summed E-state index contributed by atoms with van der Waals surface area (Å²) in [7, 11) is 1.64. The molecule has 0 saturated heterocycles. The fraction of sp³-hybridized carbons (Fsp3) is 0.600. The summed E-state index contributed by atoms with van der Waals surface area (Å²) in [4.78, 5) is 10.8. The van der Waals surface area contributed by atoms with Crippen LogP contribution in [0.1, 0.15) is 19.5 Å². The summed E-state index contributed by atoms with van der Waals surface area (Å²) in [5.41, 5.74) is 0.838. The van der Waals surface area contributed by atoms with Crippen molar-refractivity contribution < 1.29 is 4.74 Å². The summed E-state index contributed by atoms with van der Waals surface area (Å²) in [6.07, 6.45) is 0. The van der Waals surface area contributed by atoms with Crippen molar-refractivity contribution in [3.63, 3.8) is 0 Å². The van der Waals surface area contributed by atoms with E-state index in [-0.39, 0.29) is 0 Å². The Balaban J connectivity index is 3.12. The van der Waals surface area contributed by atoms with E-state index in [9.17, 15) is 0 Å². The molecule has 0 aliphatic carbocycles. The average molecular weight is 356 g/mol. The molecule has 90 valence electrons. The summed E-state index contributed by atoms with van der Waals surface area (Å²) < 4.78 is 5.95. The molecule has 0 aliphatic rings. The highest BCUT2D eigenvalue weighted by molar-refractivity contribution is 14.1. The van der Waals surface area contributed by atoms with Gasteiger partial charge in [-0.25, -0.2) is 4.98 Å². The molecule has 16 heavy (non-hydrogen) atoms. The van der Waals surface area contributed by atoms with Gasteiger partial charge in [-0.15, -0.1) is 0 Å². The molecule has 1 heterocycles. The van der Waals surface area contributed by atoms with E-state index in [0.29, 0.717) is 17.7 Å². The Morgan fingerprint density at radius 1 is 1.31 bits per heavy atom. The van der Waals surface area contributed by atoms with Gasteiger partial charge in [-0.2, -0.15) is 4.98 Å². The van der Waals surface area contributed by atoms with Crippen LogP contribution in [0, 0.1) is 3.57 Å². The van der Waals surface area contributed by atoms with E-state index in [4.69, 9.17) is 16.3 Å². The molecule has 0 aromatic carbocycles. The van der Waals surface area contributed by atoms with Crippen LogP contribution in [0.15, 0.2) is 0 Å². The normalized spacial score (nSPS) is 10.6. The lowest BCUT2D eigenvalue weighted by atomic mass is 10.4. The van der Waals surface area contributed by atoms with Crippen molar-refractivity contribution in [2.24, 2.45) is 0 Å². The highest BCUT2D eigenvalue weighted by atomic mass is 127. The van der Waals surface area contributed by atoms with Crippen molar-refractivity contribution in [2.45, 2.75) is 20.5 Å². The largest absolute Gasteiger partial charge is 0.378 e. The van der Waals surface area contributed by atoms with Crippen LogP contribution in [0.2, 0.25) is 5.15 Å². The van der Waals surface area contributed by atoms with Gasteiger partial charge in [0.15, 0.2) is 0 Å². The molecule has 0 aliphatic heterocycles. The van der Waals surface area contributed by atoms with E-state index in [1.54, 1.807) is 7.11 Å². The van der Waals surface area contributed by atoms with Crippen LogP contribution < -0.4 is 4.90 Å². The van der Waals surface area contributed by atoms with Crippen LogP contribution in [0.3, 0.4) is 0 Å². The number of halogens is 2. The predicted molar refractivity (Wildman–Crippen MR) is 74.0 cm³/mol. The van der Waals surface area contributed by atoms with Crippen LogP contribution in [0.5, 0.6) is 0 Å². The lowest BCUT2D eigenvalue weighted by Crippen LogP contribution is -2.25. The summed E-state index contributed by atoms with van der Waals surface area (Å²) >= 11 is 8.21. The highest BCUT2D eigenvalue weighted by Gasteiger charge is 2.13. The molecule has 0 atom stereocenters. The molecule has 0 spiro atoms. The van der Waals surface area contributed by atoms with Crippen LogP contribution in [-0.4, -0.2) is 30.2 Å². The first kappa shape index (κ1) is 13.9. The lowest BCUT2D eigenvalue weighted by Gasteiger charge is -2.19. The summed E-state index contributed by atoms with van der Waals surface area (Å²) in [5, 5.41) is 0.490. The van der Waals surface area contributed by atoms with Crippen LogP contribution in [0.25, 0.3) is 0 Å². The Kier molecular flexibility index (Phi) is 5.71. The number of hydrogen-bond acceptors (Lipinski definition) is 4. The minimum absolute atomic E-state index is 0.453. The van der Waals surface area contributed by atoms with E-state index < -0.39 is 0 Å². The first-order valence-electron chi connectivity index (χ1n) is 5.09. The third kappa shape index (κ3) is 3.18. The molecule has 0 unspecified atom stereocenters. The molecule has 0 amide bonds. The van der Waals surface area contributed by atoms with Crippen LogP contribution in [0.4, 0.5) is 5.95 Å². The number of methoxy groups -OCH3 is 1. The lowest BCUT2D eigenvalue weighted by molar-refractivity contribution is 0.180. The molecule has 0 fully saturated rings. The average Bonchev–Trinajstić information content (AvgIpc) is 2.27. The molecule has 4 nitrogen and oxygen atoms in total. The van der Waals surface area contributed by atoms with E-state index in [1.165, 1.54) is 0 Å². The van der Waals surface area contributed by atoms with Crippen molar-refractivity contribution in [1.29, 1.82) is 0 Å². The van der Waals surface area contributed by atoms with Gasteiger partial charge in [0.2, 0.25) is 5.95 Å². The van der Waals surface area contributed by atoms with E-state index in [1.807, 2.05) is 0 Å². The number of nitrogens with zero attached hydrogens (tertiary/aromatic N) is 3. The highest BCUT2D eigenvalue weighted by Crippen LogP contribution is 2.22. The van der Waals surface area contributed by atoms with Gasteiger partial charge in [-0.1, -0.05) is 11.6 Å². The molecular weight excluding hydrogens is 340 g/mol. The zero-order valence-electron chi connectivity index (χ0n) is 9.63. The van der Waals surface area contributed by atoms with Crippen LogP contribution in [-0.2, 0) is 11.3 Å². The third-order valence-electron chi connectivity index (χ3n) is 2.19. The second-order valence-corrected chi connectivity index (χ2v) is 4.62. The maximum atomic E-state index is 6.07. The van der Waals surface area contributed by atoms with Crippen molar-refractivity contribution in [2.75, 3.05) is 25.1 Å². The number of rotatable bonds is 5. The Bertz CT molecular complexity index is 358. The number of ether oxygens (including phenoxy) is 1. The molecule has 1 rings (SSSR count). The summed E-state index contributed by atoms with van der Waals surface area (Å²) in [5.74, 6) is 0.669. The zero-order chi connectivity index (χ0) is 12.1. The molecule has 0 radical (unpaired) electrons. The Morgan fingerprint density at radius 3 is 2.44 bits per heavy atom. The molecule has 0 bridgehead atoms. The standard InChI is InChI=1S/C10H15ClIN3O/c1-4-15(5-2)10-13-7(6-16-3)8(12)9(11)14-10/h4-6H2,1-3H3. The maximum absolute atomic E-state index is 6.07. The van der Waals surface area contributed by atoms with Gasteiger partial charge in [0.05, 0.1) is 15.9 Å². The van der Waals surface area contributed by atoms with E-state index >= 15 is 0 Å². The smallest absolute Gasteiger partial charge is 0.227 e. The van der Waals surface area contributed by atoms with Gasteiger partial charge in [-0.05, 0) is 36.4 Å². The van der Waals surface area contributed by atoms with Gasteiger partial charge in [-0.3, -0.25) is 0 Å². The number of hydrogen-bond donors (Lipinski definition) is 0. The van der Waals surface area contributed by atoms with Crippen LogP contribution >= 0.6 is 34.2 Å². The molecule has 1 aromatic rings. The molecule has 0 saturated carbocycles. The predicted octanol–water partition coefficient (Wildman–Crippen LogP) is 2.73. The third-order valence-corrected chi connectivity index (χ3v) is 3.92.